The topological polar surface area (TPSA) is 163 Å². The van der Waals surface area contributed by atoms with Crippen molar-refractivity contribution in [3.8, 4) is 28.3 Å². The van der Waals surface area contributed by atoms with Crippen LogP contribution in [0.3, 0.4) is 0 Å². The van der Waals surface area contributed by atoms with Crippen molar-refractivity contribution in [2.24, 2.45) is 0 Å². The van der Waals surface area contributed by atoms with Crippen LogP contribution in [0.15, 0.2) is 85.1 Å². The van der Waals surface area contributed by atoms with E-state index >= 15 is 0 Å². The lowest BCUT2D eigenvalue weighted by atomic mass is 9.98. The van der Waals surface area contributed by atoms with Gasteiger partial charge in [0.1, 0.15) is 12.4 Å². The standard InChI is InChI=1S/C27H20BrFN6O7S/c28-21-13-15(9-10-22(21)29)35-25(33-41-27(35)37)23-24(32-42-31-23)30-11-12-34(43(38)39)26(36)40-14-20-18-7-3-1-5-16(18)17-6-2-4-8-19(17)20/h1-10,13,20,43H,11-12,14H2,(H,30,32). The number of carbonyl (C=O) groups is 1. The smallest absolute Gasteiger partial charge is 0.446 e. The van der Waals surface area contributed by atoms with E-state index < -0.39 is 28.6 Å². The second-order valence-corrected chi connectivity index (χ2v) is 11.1. The van der Waals surface area contributed by atoms with Gasteiger partial charge in [0, 0.05) is 12.5 Å². The Morgan fingerprint density at radius 3 is 2.42 bits per heavy atom. The molecule has 6 rings (SSSR count). The van der Waals surface area contributed by atoms with Gasteiger partial charge < -0.3 is 10.1 Å². The molecule has 0 bridgehead atoms. The fraction of sp³-hybridized carbons (Fsp3) is 0.148. The Hall–Kier alpha value is -4.83. The van der Waals surface area contributed by atoms with Gasteiger partial charge in [-0.2, -0.15) is 0 Å². The fourth-order valence-corrected chi connectivity index (χ4v) is 5.71. The zero-order valence-electron chi connectivity index (χ0n) is 21.8. The number of anilines is 1. The van der Waals surface area contributed by atoms with Gasteiger partial charge in [-0.25, -0.2) is 35.9 Å². The molecule has 0 saturated heterocycles. The third-order valence-corrected chi connectivity index (χ3v) is 8.19. The number of hydrogen-bond acceptors (Lipinski definition) is 11. The molecular formula is C27H20BrFN6O7S. The maximum Gasteiger partial charge on any atom is 0.446 e. The number of carbonyl (C=O) groups excluding carboxylic acids is 1. The van der Waals surface area contributed by atoms with E-state index in [1.54, 1.807) is 0 Å². The summed E-state index contributed by atoms with van der Waals surface area (Å²) in [5, 5.41) is 14.0. The number of nitrogens with zero attached hydrogens (tertiary/aromatic N) is 5. The summed E-state index contributed by atoms with van der Waals surface area (Å²) in [5.41, 5.74) is 4.22. The van der Waals surface area contributed by atoms with Gasteiger partial charge in [0.15, 0.2) is 5.69 Å². The highest BCUT2D eigenvalue weighted by Gasteiger charge is 2.30. The third-order valence-electron chi connectivity index (χ3n) is 6.83. The molecule has 2 aromatic heterocycles. The molecule has 0 atom stereocenters. The monoisotopic (exact) mass is 670 g/mol. The number of halogens is 2. The van der Waals surface area contributed by atoms with Gasteiger partial charge in [-0.1, -0.05) is 53.7 Å². The summed E-state index contributed by atoms with van der Waals surface area (Å²) in [5.74, 6) is -1.80. The van der Waals surface area contributed by atoms with Gasteiger partial charge in [-0.05, 0) is 66.7 Å². The van der Waals surface area contributed by atoms with Crippen LogP contribution in [-0.4, -0.2) is 58.5 Å². The molecule has 1 amide bonds. The molecule has 0 spiro atoms. The van der Waals surface area contributed by atoms with Crippen LogP contribution >= 0.6 is 15.9 Å². The summed E-state index contributed by atoms with van der Waals surface area (Å²) in [7, 11) is -3.34. The van der Waals surface area contributed by atoms with Gasteiger partial charge in [-0.3, -0.25) is 4.52 Å². The second kappa shape index (κ2) is 11.8. The Labute approximate surface area is 252 Å². The van der Waals surface area contributed by atoms with Crippen LogP contribution in [0.1, 0.15) is 17.0 Å². The van der Waals surface area contributed by atoms with Crippen molar-refractivity contribution in [1.82, 2.24) is 24.3 Å². The van der Waals surface area contributed by atoms with E-state index in [2.05, 4.69) is 36.7 Å². The first kappa shape index (κ1) is 28.3. The maximum absolute atomic E-state index is 13.7. The number of rotatable bonds is 9. The lowest BCUT2D eigenvalue weighted by molar-refractivity contribution is 0.124. The molecule has 1 aliphatic rings. The Morgan fingerprint density at radius 1 is 1.05 bits per heavy atom. The van der Waals surface area contributed by atoms with Crippen LogP contribution in [0.25, 0.3) is 28.3 Å². The van der Waals surface area contributed by atoms with Crippen molar-refractivity contribution < 1.29 is 31.5 Å². The van der Waals surface area contributed by atoms with E-state index in [0.29, 0.717) is 4.31 Å². The number of nitrogens with one attached hydrogen (secondary N) is 1. The Kier molecular flexibility index (Phi) is 7.77. The SMILES string of the molecule is O=C(OCC1c2ccccc2-c2ccccc21)N(CCNc1nonc1-c1noc(=O)n1-c1ccc(F)c(Br)c1)[SH](=O)=O. The third kappa shape index (κ3) is 5.41. The van der Waals surface area contributed by atoms with Gasteiger partial charge in [0.25, 0.3) is 0 Å². The number of ether oxygens (including phenoxy) is 1. The number of aromatic nitrogens is 4. The molecule has 3 aromatic carbocycles. The summed E-state index contributed by atoms with van der Waals surface area (Å²) in [6.45, 7) is -0.502. The Bertz CT molecular complexity index is 1920. The molecule has 0 radical (unpaired) electrons. The van der Waals surface area contributed by atoms with Crippen LogP contribution in [0, 0.1) is 5.82 Å². The average Bonchev–Trinajstić information content (AvgIpc) is 3.71. The molecular weight excluding hydrogens is 651 g/mol. The first-order valence-corrected chi connectivity index (χ1v) is 14.6. The van der Waals surface area contributed by atoms with Crippen molar-refractivity contribution in [2.45, 2.75) is 5.92 Å². The van der Waals surface area contributed by atoms with E-state index in [9.17, 15) is 22.4 Å². The zero-order chi connectivity index (χ0) is 30.1. The quantitative estimate of drug-likeness (QED) is 0.218. The van der Waals surface area contributed by atoms with Crippen LogP contribution in [0.2, 0.25) is 0 Å². The molecule has 220 valence electrons. The van der Waals surface area contributed by atoms with Gasteiger partial charge in [0.2, 0.25) is 22.5 Å². The lowest BCUT2D eigenvalue weighted by Gasteiger charge is -2.19. The molecule has 13 nitrogen and oxygen atoms in total. The summed E-state index contributed by atoms with van der Waals surface area (Å²) in [4.78, 5) is 25.2. The highest BCUT2D eigenvalue weighted by molar-refractivity contribution is 9.10. The maximum atomic E-state index is 13.7. The normalized spacial score (nSPS) is 12.3. The molecule has 1 N–H and O–H groups in total. The Morgan fingerprint density at radius 2 is 1.74 bits per heavy atom. The number of benzene rings is 3. The van der Waals surface area contributed by atoms with Crippen molar-refractivity contribution in [2.75, 3.05) is 25.0 Å². The van der Waals surface area contributed by atoms with Crippen LogP contribution in [0.4, 0.5) is 15.0 Å². The molecule has 0 fully saturated rings. The van der Waals surface area contributed by atoms with Crippen molar-refractivity contribution in [3.63, 3.8) is 0 Å². The first-order chi connectivity index (χ1) is 20.8. The highest BCUT2D eigenvalue weighted by Crippen LogP contribution is 2.44. The van der Waals surface area contributed by atoms with E-state index in [-0.39, 0.29) is 53.1 Å². The first-order valence-electron chi connectivity index (χ1n) is 12.7. The van der Waals surface area contributed by atoms with Crippen molar-refractivity contribution in [3.05, 3.63) is 98.7 Å². The lowest BCUT2D eigenvalue weighted by Crippen LogP contribution is -2.35. The molecule has 16 heteroatoms. The van der Waals surface area contributed by atoms with E-state index in [1.807, 2.05) is 48.5 Å². The van der Waals surface area contributed by atoms with Crippen molar-refractivity contribution >= 4 is 38.7 Å². The van der Waals surface area contributed by atoms with Gasteiger partial charge >= 0.3 is 11.8 Å². The Balaban J connectivity index is 1.14. The number of fused-ring (bicyclic) bond motifs is 3. The average molecular weight is 671 g/mol. The number of hydrogen-bond donors (Lipinski definition) is 2. The van der Waals surface area contributed by atoms with Crippen LogP contribution in [0.5, 0.6) is 0 Å². The molecule has 5 aromatic rings. The largest absolute Gasteiger partial charge is 0.448 e. The zero-order valence-corrected chi connectivity index (χ0v) is 24.3. The minimum atomic E-state index is -3.34. The van der Waals surface area contributed by atoms with E-state index in [4.69, 9.17) is 13.9 Å². The predicted octanol–water partition coefficient (Wildman–Crippen LogP) is 3.97. The molecule has 0 saturated carbocycles. The second-order valence-electron chi connectivity index (χ2n) is 9.26. The number of thiol groups is 1. The summed E-state index contributed by atoms with van der Waals surface area (Å²) in [6.07, 6.45) is -1.04. The minimum Gasteiger partial charge on any atom is -0.448 e. The molecule has 0 unspecified atom stereocenters. The molecule has 1 aliphatic carbocycles. The fourth-order valence-electron chi connectivity index (χ4n) is 4.89. The highest BCUT2D eigenvalue weighted by atomic mass is 79.9. The molecule has 0 aliphatic heterocycles. The van der Waals surface area contributed by atoms with Crippen LogP contribution in [-0.2, 0) is 15.6 Å². The summed E-state index contributed by atoms with van der Waals surface area (Å²) >= 11 is 3.07. The predicted molar refractivity (Wildman–Crippen MR) is 154 cm³/mol. The summed E-state index contributed by atoms with van der Waals surface area (Å²) < 4.78 is 54.4. The summed E-state index contributed by atoms with van der Waals surface area (Å²) in [6, 6.07) is 19.4. The van der Waals surface area contributed by atoms with Gasteiger partial charge in [-0.15, -0.1) is 0 Å². The minimum absolute atomic E-state index is 0.0168. The molecule has 43 heavy (non-hydrogen) atoms. The number of amides is 1. The van der Waals surface area contributed by atoms with E-state index in [0.717, 1.165) is 32.9 Å². The molecule has 2 heterocycles. The van der Waals surface area contributed by atoms with Crippen molar-refractivity contribution in [1.29, 1.82) is 0 Å². The van der Waals surface area contributed by atoms with E-state index in [1.165, 1.54) is 12.1 Å². The van der Waals surface area contributed by atoms with Crippen LogP contribution < -0.4 is 11.1 Å². The van der Waals surface area contributed by atoms with Gasteiger partial charge in [0.05, 0.1) is 16.7 Å².